The number of ether oxygens (including phenoxy) is 1. The van der Waals surface area contributed by atoms with Gasteiger partial charge in [-0.15, -0.1) is 0 Å². The molecule has 9 heteroatoms. The van der Waals surface area contributed by atoms with Crippen molar-refractivity contribution in [2.45, 2.75) is 36.8 Å². The Hall–Kier alpha value is -3.56. The SMILES string of the molecule is Nc1cccc(-c2nc3n(c2-c2ccnc(Nc4ccc(N5CC6CCC(C5)O6)cc4)n2)CCS3)c1. The van der Waals surface area contributed by atoms with E-state index in [0.717, 1.165) is 64.6 Å². The maximum absolute atomic E-state index is 6.08. The van der Waals surface area contributed by atoms with Crippen LogP contribution in [-0.2, 0) is 11.3 Å². The van der Waals surface area contributed by atoms with Gasteiger partial charge in [-0.25, -0.2) is 15.0 Å². The van der Waals surface area contributed by atoms with Gasteiger partial charge in [-0.2, -0.15) is 0 Å². The standard InChI is InChI=1S/C27H27N7OS/c28-18-3-1-2-17(14-18)24-25(34-12-13-36-27(34)32-24)23-10-11-29-26(31-23)30-19-4-6-20(7-5-19)33-15-21-8-9-22(16-33)35-21/h1-7,10-11,14,21-22H,8-9,12-13,15-16,28H2,(H,29,30,31). The molecule has 2 aromatic heterocycles. The maximum atomic E-state index is 6.08. The molecule has 2 unspecified atom stereocenters. The third-order valence-electron chi connectivity index (χ3n) is 7.07. The van der Waals surface area contributed by atoms with Gasteiger partial charge < -0.3 is 25.3 Å². The van der Waals surface area contributed by atoms with Gasteiger partial charge in [0.2, 0.25) is 5.95 Å². The number of aromatic nitrogens is 4. The summed E-state index contributed by atoms with van der Waals surface area (Å²) in [5, 5.41) is 4.40. The van der Waals surface area contributed by atoms with Crippen LogP contribution in [0.25, 0.3) is 22.6 Å². The molecule has 0 amide bonds. The van der Waals surface area contributed by atoms with E-state index in [2.05, 4.69) is 44.0 Å². The minimum Gasteiger partial charge on any atom is -0.399 e. The molecule has 2 bridgehead atoms. The first-order chi connectivity index (χ1) is 17.7. The molecule has 2 fully saturated rings. The summed E-state index contributed by atoms with van der Waals surface area (Å²) in [5.74, 6) is 1.57. The molecule has 8 nitrogen and oxygen atoms in total. The molecule has 3 aliphatic heterocycles. The van der Waals surface area contributed by atoms with Gasteiger partial charge in [-0.1, -0.05) is 23.9 Å². The second kappa shape index (κ2) is 8.83. The number of fused-ring (bicyclic) bond motifs is 3. The summed E-state index contributed by atoms with van der Waals surface area (Å²) < 4.78 is 8.23. The fraction of sp³-hybridized carbons (Fsp3) is 0.296. The summed E-state index contributed by atoms with van der Waals surface area (Å²) >= 11 is 1.77. The lowest BCUT2D eigenvalue weighted by molar-refractivity contribution is 0.0305. The normalized spacial score (nSPS) is 20.5. The number of hydrogen-bond donors (Lipinski definition) is 2. The van der Waals surface area contributed by atoms with Crippen LogP contribution in [0.1, 0.15) is 12.8 Å². The van der Waals surface area contributed by atoms with Crippen LogP contribution in [0.3, 0.4) is 0 Å². The molecule has 36 heavy (non-hydrogen) atoms. The van der Waals surface area contributed by atoms with Crippen LogP contribution < -0.4 is 16.0 Å². The number of nitrogen functional groups attached to an aromatic ring is 1. The van der Waals surface area contributed by atoms with E-state index in [1.54, 1.807) is 18.0 Å². The van der Waals surface area contributed by atoms with Crippen LogP contribution in [-0.4, -0.2) is 50.6 Å². The fourth-order valence-corrected chi connectivity index (χ4v) is 6.34. The third-order valence-corrected chi connectivity index (χ3v) is 8.03. The highest BCUT2D eigenvalue weighted by molar-refractivity contribution is 7.99. The predicted octanol–water partition coefficient (Wildman–Crippen LogP) is 4.81. The number of nitrogens with two attached hydrogens (primary N) is 1. The van der Waals surface area contributed by atoms with Crippen molar-refractivity contribution in [1.29, 1.82) is 0 Å². The molecular weight excluding hydrogens is 470 g/mol. The zero-order valence-electron chi connectivity index (χ0n) is 19.8. The summed E-state index contributed by atoms with van der Waals surface area (Å²) in [6.07, 6.45) is 4.89. The molecule has 4 aromatic rings. The zero-order chi connectivity index (χ0) is 24.1. The molecule has 2 saturated heterocycles. The van der Waals surface area contributed by atoms with Crippen molar-refractivity contribution in [1.82, 2.24) is 19.5 Å². The van der Waals surface area contributed by atoms with Gasteiger partial charge >= 0.3 is 0 Å². The predicted molar refractivity (Wildman–Crippen MR) is 144 cm³/mol. The zero-order valence-corrected chi connectivity index (χ0v) is 20.6. The monoisotopic (exact) mass is 497 g/mol. The number of nitrogens with one attached hydrogen (secondary N) is 1. The Morgan fingerprint density at radius 1 is 1.00 bits per heavy atom. The largest absolute Gasteiger partial charge is 0.399 e. The van der Waals surface area contributed by atoms with Crippen molar-refractivity contribution in [3.8, 4) is 22.6 Å². The molecule has 0 saturated carbocycles. The van der Waals surface area contributed by atoms with Crippen LogP contribution in [0.2, 0.25) is 0 Å². The Morgan fingerprint density at radius 2 is 1.83 bits per heavy atom. The molecular formula is C27H27N7OS. The highest BCUT2D eigenvalue weighted by Gasteiger charge is 2.33. The highest BCUT2D eigenvalue weighted by Crippen LogP contribution is 2.39. The van der Waals surface area contributed by atoms with E-state index in [9.17, 15) is 0 Å². The lowest BCUT2D eigenvalue weighted by atomic mass is 10.1. The van der Waals surface area contributed by atoms with E-state index >= 15 is 0 Å². The molecule has 7 rings (SSSR count). The molecule has 2 atom stereocenters. The molecule has 182 valence electrons. The number of morpholine rings is 1. The van der Waals surface area contributed by atoms with Crippen molar-refractivity contribution < 1.29 is 4.74 Å². The lowest BCUT2D eigenvalue weighted by Gasteiger charge is -2.33. The van der Waals surface area contributed by atoms with Crippen LogP contribution in [0.15, 0.2) is 66.0 Å². The first-order valence-corrected chi connectivity index (χ1v) is 13.4. The number of imidazole rings is 1. The third kappa shape index (κ3) is 3.98. The molecule has 5 heterocycles. The molecule has 0 spiro atoms. The van der Waals surface area contributed by atoms with E-state index in [-0.39, 0.29) is 0 Å². The Morgan fingerprint density at radius 3 is 2.64 bits per heavy atom. The van der Waals surface area contributed by atoms with Crippen molar-refractivity contribution in [3.63, 3.8) is 0 Å². The first-order valence-electron chi connectivity index (χ1n) is 12.4. The van der Waals surface area contributed by atoms with Gasteiger partial charge in [0, 0.05) is 54.2 Å². The Labute approximate surface area is 213 Å². The van der Waals surface area contributed by atoms with E-state index in [1.165, 1.54) is 18.5 Å². The second-order valence-electron chi connectivity index (χ2n) is 9.52. The van der Waals surface area contributed by atoms with Gasteiger partial charge in [0.25, 0.3) is 0 Å². The molecule has 0 aliphatic carbocycles. The van der Waals surface area contributed by atoms with Gasteiger partial charge in [-0.05, 0) is 55.3 Å². The number of nitrogens with zero attached hydrogens (tertiary/aromatic N) is 5. The number of anilines is 4. The van der Waals surface area contributed by atoms with E-state index in [1.807, 2.05) is 30.3 Å². The van der Waals surface area contributed by atoms with Crippen molar-refractivity contribution in [3.05, 3.63) is 60.8 Å². The van der Waals surface area contributed by atoms with Gasteiger partial charge in [0.15, 0.2) is 5.16 Å². The average Bonchev–Trinajstić information content (AvgIpc) is 3.59. The van der Waals surface area contributed by atoms with Crippen molar-refractivity contribution in [2.24, 2.45) is 0 Å². The van der Waals surface area contributed by atoms with Crippen molar-refractivity contribution >= 4 is 34.8 Å². The minimum atomic E-state index is 0.373. The number of hydrogen-bond acceptors (Lipinski definition) is 8. The topological polar surface area (TPSA) is 94.1 Å². The maximum Gasteiger partial charge on any atom is 0.227 e. The van der Waals surface area contributed by atoms with Gasteiger partial charge in [0.05, 0.1) is 29.3 Å². The average molecular weight is 498 g/mol. The first kappa shape index (κ1) is 21.7. The summed E-state index contributed by atoms with van der Waals surface area (Å²) in [4.78, 5) is 16.7. The molecule has 3 aliphatic rings. The Balaban J connectivity index is 1.16. The Bertz CT molecular complexity index is 1410. The van der Waals surface area contributed by atoms with Crippen LogP contribution in [0, 0.1) is 0 Å². The minimum absolute atomic E-state index is 0.373. The lowest BCUT2D eigenvalue weighted by Crippen LogP contribution is -2.42. The van der Waals surface area contributed by atoms with Crippen LogP contribution in [0.4, 0.5) is 23.0 Å². The van der Waals surface area contributed by atoms with Gasteiger partial charge in [-0.3, -0.25) is 0 Å². The molecule has 0 radical (unpaired) electrons. The number of thioether (sulfide) groups is 1. The Kier molecular flexibility index (Phi) is 5.32. The summed E-state index contributed by atoms with van der Waals surface area (Å²) in [6, 6.07) is 18.3. The number of benzene rings is 2. The molecule has 3 N–H and O–H groups in total. The molecule has 2 aromatic carbocycles. The van der Waals surface area contributed by atoms with E-state index < -0.39 is 0 Å². The van der Waals surface area contributed by atoms with E-state index in [0.29, 0.717) is 18.2 Å². The summed E-state index contributed by atoms with van der Waals surface area (Å²) in [5.41, 5.74) is 12.7. The van der Waals surface area contributed by atoms with Gasteiger partial charge in [0.1, 0.15) is 0 Å². The van der Waals surface area contributed by atoms with E-state index in [4.69, 9.17) is 20.4 Å². The highest BCUT2D eigenvalue weighted by atomic mass is 32.2. The fourth-order valence-electron chi connectivity index (χ4n) is 5.39. The van der Waals surface area contributed by atoms with Crippen molar-refractivity contribution in [2.75, 3.05) is 34.8 Å². The summed E-state index contributed by atoms with van der Waals surface area (Å²) in [6.45, 7) is 2.84. The summed E-state index contributed by atoms with van der Waals surface area (Å²) in [7, 11) is 0. The second-order valence-corrected chi connectivity index (χ2v) is 10.6. The smallest absolute Gasteiger partial charge is 0.227 e. The van der Waals surface area contributed by atoms with Crippen LogP contribution in [0.5, 0.6) is 0 Å². The quantitative estimate of drug-likeness (QED) is 0.380. The van der Waals surface area contributed by atoms with Crippen LogP contribution >= 0.6 is 11.8 Å². The number of rotatable bonds is 5.